The molecule has 0 bridgehead atoms. The second-order valence-electron chi connectivity index (χ2n) is 5.33. The summed E-state index contributed by atoms with van der Waals surface area (Å²) < 4.78 is 12.8. The summed E-state index contributed by atoms with van der Waals surface area (Å²) in [7, 11) is 0. The number of benzene rings is 1. The zero-order chi connectivity index (χ0) is 15.7. The fraction of sp³-hybridized carbons (Fsp3) is 0.333. The molecule has 1 aliphatic heterocycles. The number of hydrogen-bond acceptors (Lipinski definition) is 4. The number of thiocarbonyl (C=S) groups is 1. The fourth-order valence-electron chi connectivity index (χ4n) is 2.27. The summed E-state index contributed by atoms with van der Waals surface area (Å²) in [6, 6.07) is 6.02. The third-order valence-electron chi connectivity index (χ3n) is 3.59. The van der Waals surface area contributed by atoms with Gasteiger partial charge in [0.15, 0.2) is 11.0 Å². The largest absolute Gasteiger partial charge is 0.302 e. The number of nitrogens with one attached hydrogen (secondary N) is 1. The van der Waals surface area contributed by atoms with Gasteiger partial charge >= 0.3 is 0 Å². The molecule has 1 atom stereocenters. The summed E-state index contributed by atoms with van der Waals surface area (Å²) in [6.45, 7) is 0.283. The van der Waals surface area contributed by atoms with E-state index in [0.717, 1.165) is 18.4 Å². The minimum Gasteiger partial charge on any atom is -0.302 e. The van der Waals surface area contributed by atoms with E-state index in [1.54, 1.807) is 12.1 Å². The first kappa shape index (κ1) is 14.8. The van der Waals surface area contributed by atoms with Crippen molar-refractivity contribution < 1.29 is 14.0 Å². The number of hydrogen-bond donors (Lipinski definition) is 1. The Morgan fingerprint density at radius 3 is 2.64 bits per heavy atom. The van der Waals surface area contributed by atoms with Crippen LogP contribution in [0.4, 0.5) is 4.39 Å². The van der Waals surface area contributed by atoms with Gasteiger partial charge in [-0.25, -0.2) is 4.39 Å². The van der Waals surface area contributed by atoms with E-state index < -0.39 is 11.8 Å². The van der Waals surface area contributed by atoms with Crippen molar-refractivity contribution in [2.45, 2.75) is 25.4 Å². The molecule has 114 valence electrons. The standard InChI is InChI=1S/C15H14FN3O2S/c16-10-3-1-9(2-4-10)7-17-8-12-13(20)18-15(22)19(14(12)21)11-5-6-11/h1-4,8,11-12H,5-7H2,(H,18,20,22). The van der Waals surface area contributed by atoms with E-state index in [1.165, 1.54) is 23.2 Å². The Balaban J connectivity index is 1.68. The first-order valence-electron chi connectivity index (χ1n) is 6.98. The molecule has 0 spiro atoms. The Morgan fingerprint density at radius 1 is 1.32 bits per heavy atom. The van der Waals surface area contributed by atoms with Gasteiger partial charge in [-0.2, -0.15) is 0 Å². The van der Waals surface area contributed by atoms with E-state index in [2.05, 4.69) is 10.3 Å². The molecule has 1 heterocycles. The van der Waals surface area contributed by atoms with Crippen molar-refractivity contribution >= 4 is 35.4 Å². The summed E-state index contributed by atoms with van der Waals surface area (Å²) >= 11 is 5.04. The van der Waals surface area contributed by atoms with Crippen molar-refractivity contribution in [3.05, 3.63) is 35.6 Å². The molecule has 22 heavy (non-hydrogen) atoms. The van der Waals surface area contributed by atoms with E-state index in [9.17, 15) is 14.0 Å². The monoisotopic (exact) mass is 319 g/mol. The number of nitrogens with zero attached hydrogens (tertiary/aromatic N) is 2. The summed E-state index contributed by atoms with van der Waals surface area (Å²) in [5.74, 6) is -2.04. The van der Waals surface area contributed by atoms with Crippen LogP contribution in [0.3, 0.4) is 0 Å². The number of carbonyl (C=O) groups excluding carboxylic acids is 2. The van der Waals surface area contributed by atoms with Crippen LogP contribution in [0.5, 0.6) is 0 Å². The zero-order valence-electron chi connectivity index (χ0n) is 11.7. The van der Waals surface area contributed by atoms with E-state index in [1.807, 2.05) is 0 Å². The van der Waals surface area contributed by atoms with Gasteiger partial charge in [-0.05, 0) is 42.8 Å². The molecule has 1 N–H and O–H groups in total. The molecule has 1 aliphatic carbocycles. The molecule has 5 nitrogen and oxygen atoms in total. The van der Waals surface area contributed by atoms with Crippen molar-refractivity contribution in [2.24, 2.45) is 10.9 Å². The minimum atomic E-state index is -0.951. The average Bonchev–Trinajstić information content (AvgIpc) is 3.29. The zero-order valence-corrected chi connectivity index (χ0v) is 12.5. The van der Waals surface area contributed by atoms with Gasteiger partial charge in [-0.3, -0.25) is 19.5 Å². The lowest BCUT2D eigenvalue weighted by Crippen LogP contribution is -2.58. The number of rotatable bonds is 4. The lowest BCUT2D eigenvalue weighted by molar-refractivity contribution is -0.138. The topological polar surface area (TPSA) is 61.8 Å². The lowest BCUT2D eigenvalue weighted by atomic mass is 10.1. The van der Waals surface area contributed by atoms with Gasteiger partial charge in [0.2, 0.25) is 11.8 Å². The van der Waals surface area contributed by atoms with Gasteiger partial charge in [-0.15, -0.1) is 0 Å². The van der Waals surface area contributed by atoms with E-state index >= 15 is 0 Å². The predicted molar refractivity (Wildman–Crippen MR) is 82.7 cm³/mol. The quantitative estimate of drug-likeness (QED) is 0.519. The van der Waals surface area contributed by atoms with Crippen LogP contribution in [0.25, 0.3) is 0 Å². The second-order valence-corrected chi connectivity index (χ2v) is 5.71. The summed E-state index contributed by atoms with van der Waals surface area (Å²) in [5.41, 5.74) is 0.802. The van der Waals surface area contributed by atoms with Crippen LogP contribution < -0.4 is 5.32 Å². The first-order chi connectivity index (χ1) is 10.6. The molecule has 7 heteroatoms. The molecule has 1 unspecified atom stereocenters. The second kappa shape index (κ2) is 5.92. The Labute approximate surface area is 132 Å². The Bertz CT molecular complexity index is 655. The van der Waals surface area contributed by atoms with Crippen molar-refractivity contribution in [3.63, 3.8) is 0 Å². The van der Waals surface area contributed by atoms with E-state index in [4.69, 9.17) is 12.2 Å². The molecule has 1 saturated heterocycles. The minimum absolute atomic E-state index is 0.105. The van der Waals surface area contributed by atoms with Crippen molar-refractivity contribution in [3.8, 4) is 0 Å². The average molecular weight is 319 g/mol. The normalized spacial score (nSPS) is 22.3. The van der Waals surface area contributed by atoms with Gasteiger partial charge in [0, 0.05) is 12.3 Å². The highest BCUT2D eigenvalue weighted by Crippen LogP contribution is 2.29. The molecular formula is C15H14FN3O2S. The van der Waals surface area contributed by atoms with Crippen LogP contribution in [0.2, 0.25) is 0 Å². The maximum atomic E-state index is 12.8. The van der Waals surface area contributed by atoms with Crippen LogP contribution in [-0.2, 0) is 16.1 Å². The third kappa shape index (κ3) is 3.04. The fourth-order valence-corrected chi connectivity index (χ4v) is 2.61. The van der Waals surface area contributed by atoms with Crippen LogP contribution in [0.1, 0.15) is 18.4 Å². The molecule has 3 rings (SSSR count). The highest BCUT2D eigenvalue weighted by atomic mass is 32.1. The number of halogens is 1. The number of carbonyl (C=O) groups is 2. The maximum absolute atomic E-state index is 12.8. The van der Waals surface area contributed by atoms with Gasteiger partial charge in [-0.1, -0.05) is 12.1 Å². The predicted octanol–water partition coefficient (Wildman–Crippen LogP) is 1.42. The third-order valence-corrected chi connectivity index (χ3v) is 3.89. The Hall–Kier alpha value is -2.15. The molecule has 0 aromatic heterocycles. The Kier molecular flexibility index (Phi) is 3.98. The van der Waals surface area contributed by atoms with Gasteiger partial charge in [0.25, 0.3) is 0 Å². The molecule has 2 amide bonds. The van der Waals surface area contributed by atoms with Gasteiger partial charge < -0.3 is 5.32 Å². The number of aliphatic imine (C=N–C) groups is 1. The summed E-state index contributed by atoms with van der Waals surface area (Å²) in [5, 5.41) is 2.73. The summed E-state index contributed by atoms with van der Waals surface area (Å²) in [4.78, 5) is 29.9. The van der Waals surface area contributed by atoms with E-state index in [0.29, 0.717) is 0 Å². The van der Waals surface area contributed by atoms with Gasteiger partial charge in [0.05, 0.1) is 6.54 Å². The maximum Gasteiger partial charge on any atom is 0.247 e. The molecule has 1 saturated carbocycles. The SMILES string of the molecule is O=C1NC(=S)N(C2CC2)C(=O)C1C=NCc1ccc(F)cc1. The molecule has 2 fully saturated rings. The smallest absolute Gasteiger partial charge is 0.247 e. The molecule has 2 aliphatic rings. The highest BCUT2D eigenvalue weighted by Gasteiger charge is 2.44. The summed E-state index contributed by atoms with van der Waals surface area (Å²) in [6.07, 6.45) is 3.15. The molecule has 0 radical (unpaired) electrons. The van der Waals surface area contributed by atoms with Crippen molar-refractivity contribution in [1.29, 1.82) is 0 Å². The van der Waals surface area contributed by atoms with Crippen LogP contribution in [0, 0.1) is 11.7 Å². The highest BCUT2D eigenvalue weighted by molar-refractivity contribution is 7.80. The molecule has 1 aromatic rings. The Morgan fingerprint density at radius 2 is 2.00 bits per heavy atom. The van der Waals surface area contributed by atoms with E-state index in [-0.39, 0.29) is 29.4 Å². The first-order valence-corrected chi connectivity index (χ1v) is 7.39. The molecule has 1 aromatic carbocycles. The number of amides is 2. The van der Waals surface area contributed by atoms with Crippen LogP contribution in [-0.4, -0.2) is 34.1 Å². The van der Waals surface area contributed by atoms with Crippen molar-refractivity contribution in [1.82, 2.24) is 10.2 Å². The van der Waals surface area contributed by atoms with Crippen LogP contribution >= 0.6 is 12.2 Å². The van der Waals surface area contributed by atoms with Crippen molar-refractivity contribution in [2.75, 3.05) is 0 Å². The van der Waals surface area contributed by atoms with Gasteiger partial charge in [0.1, 0.15) is 5.82 Å². The molecular weight excluding hydrogens is 305 g/mol. The van der Waals surface area contributed by atoms with Crippen LogP contribution in [0.15, 0.2) is 29.3 Å². The lowest BCUT2D eigenvalue weighted by Gasteiger charge is -2.30.